The first-order chi connectivity index (χ1) is 15.0. The third-order valence-electron chi connectivity index (χ3n) is 4.22. The van der Waals surface area contributed by atoms with Gasteiger partial charge >= 0.3 is 0 Å². The van der Waals surface area contributed by atoms with Crippen molar-refractivity contribution in [3.05, 3.63) is 59.5 Å². The van der Waals surface area contributed by atoms with E-state index in [9.17, 15) is 13.7 Å². The second-order valence-electron chi connectivity index (χ2n) is 6.59. The minimum Gasteiger partial charge on any atom is -0.270 e. The third kappa shape index (κ3) is 7.94. The summed E-state index contributed by atoms with van der Waals surface area (Å²) in [4.78, 5) is 5.87. The van der Waals surface area contributed by atoms with Crippen LogP contribution in [0.25, 0.3) is 21.7 Å². The Morgan fingerprint density at radius 3 is 2.59 bits per heavy atom. The first-order valence-corrected chi connectivity index (χ1v) is 14.4. The van der Waals surface area contributed by atoms with Gasteiger partial charge in [-0.25, -0.2) is 4.98 Å². The molecule has 0 aliphatic rings. The van der Waals surface area contributed by atoms with Gasteiger partial charge < -0.3 is 0 Å². The van der Waals surface area contributed by atoms with E-state index in [2.05, 4.69) is 6.07 Å². The largest absolute Gasteiger partial charge is 0.270 e. The van der Waals surface area contributed by atoms with Gasteiger partial charge in [0, 0.05) is 10.6 Å². The number of nitrogens with zero attached hydrogens (tertiary/aromatic N) is 2. The van der Waals surface area contributed by atoms with Crippen LogP contribution in [0.1, 0.15) is 25.8 Å². The Labute approximate surface area is 203 Å². The second-order valence-corrected chi connectivity index (χ2v) is 11.6. The Hall–Kier alpha value is -1.83. The van der Waals surface area contributed by atoms with Gasteiger partial charge in [0.05, 0.1) is 29.0 Å². The highest BCUT2D eigenvalue weighted by Gasteiger charge is 2.16. The van der Waals surface area contributed by atoms with Gasteiger partial charge in [0.25, 0.3) is 10.1 Å². The Morgan fingerprint density at radius 1 is 1.16 bits per heavy atom. The smallest absolute Gasteiger partial charge is 0.264 e. The van der Waals surface area contributed by atoms with Gasteiger partial charge in [0.2, 0.25) is 0 Å². The van der Waals surface area contributed by atoms with Crippen molar-refractivity contribution in [1.29, 1.82) is 5.26 Å². The molecule has 0 N–H and O–H groups in total. The van der Waals surface area contributed by atoms with Gasteiger partial charge in [-0.15, -0.1) is 11.3 Å². The SMILES string of the molecule is C.CS(=O)(=O)OCCCCSCSc1nc(-c2cccs2)cc(-c2ccccc2)c1C#N. The molecule has 0 aliphatic carbocycles. The normalized spacial score (nSPS) is 11.0. The number of rotatable bonds is 11. The highest BCUT2D eigenvalue weighted by molar-refractivity contribution is 8.16. The van der Waals surface area contributed by atoms with Gasteiger partial charge in [-0.1, -0.05) is 55.6 Å². The predicted octanol–water partition coefficient (Wildman–Crippen LogP) is 6.52. The van der Waals surface area contributed by atoms with E-state index >= 15 is 0 Å². The number of thioether (sulfide) groups is 2. The quantitative estimate of drug-likeness (QED) is 0.127. The molecular formula is C23H26N2O3S4. The minimum absolute atomic E-state index is 0. The van der Waals surface area contributed by atoms with Crippen LogP contribution >= 0.6 is 34.9 Å². The lowest BCUT2D eigenvalue weighted by atomic mass is 10.0. The van der Waals surface area contributed by atoms with E-state index in [1.165, 1.54) is 0 Å². The molecule has 1 aromatic carbocycles. The Kier molecular flexibility index (Phi) is 10.7. The summed E-state index contributed by atoms with van der Waals surface area (Å²) in [6.07, 6.45) is 2.62. The fourth-order valence-electron chi connectivity index (χ4n) is 2.80. The molecule has 0 saturated heterocycles. The molecule has 9 heteroatoms. The summed E-state index contributed by atoms with van der Waals surface area (Å²) in [7, 11) is -3.36. The number of pyridine rings is 1. The van der Waals surface area contributed by atoms with Crippen molar-refractivity contribution in [2.75, 3.05) is 23.7 Å². The van der Waals surface area contributed by atoms with Crippen molar-refractivity contribution in [2.45, 2.75) is 25.3 Å². The van der Waals surface area contributed by atoms with Crippen molar-refractivity contribution in [3.63, 3.8) is 0 Å². The fraction of sp³-hybridized carbons (Fsp3) is 0.304. The second kappa shape index (κ2) is 13.0. The molecule has 0 radical (unpaired) electrons. The topological polar surface area (TPSA) is 80.1 Å². The summed E-state index contributed by atoms with van der Waals surface area (Å²) >= 11 is 4.94. The van der Waals surface area contributed by atoms with E-state index < -0.39 is 10.1 Å². The highest BCUT2D eigenvalue weighted by atomic mass is 32.2. The van der Waals surface area contributed by atoms with Crippen molar-refractivity contribution < 1.29 is 12.6 Å². The Balaban J connectivity index is 0.00000363. The molecule has 0 amide bonds. The molecule has 3 rings (SSSR count). The molecule has 0 bridgehead atoms. The van der Waals surface area contributed by atoms with Crippen LogP contribution in [0.15, 0.2) is 58.9 Å². The molecule has 32 heavy (non-hydrogen) atoms. The lowest BCUT2D eigenvalue weighted by molar-refractivity contribution is 0.315. The molecule has 2 aromatic heterocycles. The molecule has 2 heterocycles. The maximum atomic E-state index is 11.0. The average molecular weight is 507 g/mol. The minimum atomic E-state index is -3.36. The molecule has 0 aliphatic heterocycles. The van der Waals surface area contributed by atoms with Crippen molar-refractivity contribution in [1.82, 2.24) is 4.98 Å². The van der Waals surface area contributed by atoms with E-state index in [0.717, 1.165) is 50.2 Å². The number of hydrogen-bond acceptors (Lipinski definition) is 8. The first-order valence-electron chi connectivity index (χ1n) is 9.57. The van der Waals surface area contributed by atoms with Gasteiger partial charge in [-0.3, -0.25) is 4.18 Å². The van der Waals surface area contributed by atoms with Gasteiger partial charge in [0.15, 0.2) is 0 Å². The summed E-state index contributed by atoms with van der Waals surface area (Å²) in [6, 6.07) is 18.3. The number of thiophene rings is 1. The molecule has 3 aromatic rings. The monoisotopic (exact) mass is 506 g/mol. The summed E-state index contributed by atoms with van der Waals surface area (Å²) < 4.78 is 26.7. The summed E-state index contributed by atoms with van der Waals surface area (Å²) in [5, 5.41) is 13.4. The zero-order valence-electron chi connectivity index (χ0n) is 17.0. The van der Waals surface area contributed by atoms with E-state index in [-0.39, 0.29) is 14.0 Å². The van der Waals surface area contributed by atoms with E-state index in [4.69, 9.17) is 9.17 Å². The van der Waals surface area contributed by atoms with Crippen LogP contribution in [-0.2, 0) is 14.3 Å². The van der Waals surface area contributed by atoms with Crippen molar-refractivity contribution >= 4 is 45.0 Å². The number of nitriles is 1. The zero-order valence-corrected chi connectivity index (χ0v) is 20.2. The van der Waals surface area contributed by atoms with Gasteiger partial charge in [0.1, 0.15) is 11.1 Å². The molecule has 0 atom stereocenters. The van der Waals surface area contributed by atoms with Crippen LogP contribution < -0.4 is 0 Å². The molecule has 170 valence electrons. The molecule has 0 unspecified atom stereocenters. The highest BCUT2D eigenvalue weighted by Crippen LogP contribution is 2.36. The van der Waals surface area contributed by atoms with Gasteiger partial charge in [-0.05, 0) is 41.7 Å². The number of hydrogen-bond donors (Lipinski definition) is 0. The fourth-order valence-corrected chi connectivity index (χ4v) is 6.03. The van der Waals surface area contributed by atoms with Crippen LogP contribution in [0.2, 0.25) is 0 Å². The molecule has 0 fully saturated rings. The molecule has 0 saturated carbocycles. The van der Waals surface area contributed by atoms with E-state index in [1.807, 2.05) is 53.9 Å². The van der Waals surface area contributed by atoms with Crippen LogP contribution in [0, 0.1) is 11.3 Å². The average Bonchev–Trinajstić information content (AvgIpc) is 3.30. The van der Waals surface area contributed by atoms with E-state index in [0.29, 0.717) is 12.0 Å². The number of benzene rings is 1. The summed E-state index contributed by atoms with van der Waals surface area (Å²) in [5.74, 6) is 0.887. The zero-order chi connectivity index (χ0) is 22.1. The van der Waals surface area contributed by atoms with Crippen LogP contribution in [-0.4, -0.2) is 37.1 Å². The van der Waals surface area contributed by atoms with Crippen LogP contribution in [0.3, 0.4) is 0 Å². The maximum Gasteiger partial charge on any atom is 0.264 e. The predicted molar refractivity (Wildman–Crippen MR) is 138 cm³/mol. The van der Waals surface area contributed by atoms with Gasteiger partial charge in [-0.2, -0.15) is 25.4 Å². The third-order valence-corrected chi connectivity index (χ3v) is 7.99. The van der Waals surface area contributed by atoms with E-state index in [1.54, 1.807) is 34.9 Å². The maximum absolute atomic E-state index is 11.0. The molecular weight excluding hydrogens is 481 g/mol. The van der Waals surface area contributed by atoms with Crippen molar-refractivity contribution in [2.24, 2.45) is 0 Å². The Morgan fingerprint density at radius 2 is 1.94 bits per heavy atom. The van der Waals surface area contributed by atoms with Crippen LogP contribution in [0.5, 0.6) is 0 Å². The number of unbranched alkanes of at least 4 members (excludes halogenated alkanes) is 1. The van der Waals surface area contributed by atoms with Crippen LogP contribution in [0.4, 0.5) is 0 Å². The molecule has 0 spiro atoms. The number of aromatic nitrogens is 1. The first kappa shape index (κ1) is 26.4. The lowest BCUT2D eigenvalue weighted by Gasteiger charge is -2.12. The summed E-state index contributed by atoms with van der Waals surface area (Å²) in [5.41, 5.74) is 3.36. The standard InChI is InChI=1S/C22H22N2O3S4.CH4/c1-31(25,26)27-11-5-6-12-28-16-30-22-19(15-23)18(17-8-3-2-4-9-17)14-20(24-22)21-10-7-13-29-21;/h2-4,7-10,13-14H,5-6,11-12,16H2,1H3;1H4. The van der Waals surface area contributed by atoms with Crippen molar-refractivity contribution in [3.8, 4) is 27.8 Å². The lowest BCUT2D eigenvalue weighted by Crippen LogP contribution is -2.04. The molecule has 5 nitrogen and oxygen atoms in total. The summed E-state index contributed by atoms with van der Waals surface area (Å²) in [6.45, 7) is 0.218. The Bertz CT molecular complexity index is 1130.